The Hall–Kier alpha value is -10.5. The van der Waals surface area contributed by atoms with Gasteiger partial charge in [0, 0.05) is 35.7 Å². The number of carboxylic acids is 1. The maximum Gasteiger partial charge on any atom is 0.330 e. The van der Waals surface area contributed by atoms with Gasteiger partial charge in [-0.15, -0.1) is 0 Å². The van der Waals surface area contributed by atoms with Crippen LogP contribution in [0.4, 0.5) is 0 Å². The zero-order valence-electron chi connectivity index (χ0n) is 66.2. The minimum absolute atomic E-state index is 0.114. The van der Waals surface area contributed by atoms with Crippen LogP contribution >= 0.6 is 23.2 Å². The number of ether oxygens (including phenoxy) is 7. The van der Waals surface area contributed by atoms with Crippen molar-refractivity contribution >= 4 is 76.3 Å². The van der Waals surface area contributed by atoms with Crippen molar-refractivity contribution in [2.24, 2.45) is 17.1 Å². The molecule has 11 bridgehead atoms. The first-order chi connectivity index (χ1) is 57.1. The van der Waals surface area contributed by atoms with Crippen molar-refractivity contribution in [3.05, 3.63) is 147 Å². The molecule has 0 radical (unpaired) electrons. The minimum Gasteiger partial charge on any atom is -0.508 e. The van der Waals surface area contributed by atoms with Crippen LogP contribution in [-0.2, 0) is 63.9 Å². The number of hydrogen-bond acceptors (Lipinski definition) is 27. The number of Topliss-reactive ketones (excluding diaryl/α,β-unsaturated/α-hetero) is 1. The Balaban J connectivity index is 1.06. The predicted molar refractivity (Wildman–Crippen MR) is 427 cm³/mol. The summed E-state index contributed by atoms with van der Waals surface area (Å²) < 4.78 is 45.2. The van der Waals surface area contributed by atoms with Gasteiger partial charge in [0.15, 0.2) is 35.7 Å². The molecular weight excluding hydrogens is 1610 g/mol. The van der Waals surface area contributed by atoms with E-state index in [0.29, 0.717) is 12.4 Å². The predicted octanol–water partition coefficient (Wildman–Crippen LogP) is 4.49. The van der Waals surface area contributed by atoms with Crippen molar-refractivity contribution in [2.75, 3.05) is 26.8 Å². The molecule has 7 heterocycles. The van der Waals surface area contributed by atoms with E-state index >= 15 is 14.4 Å². The van der Waals surface area contributed by atoms with Crippen molar-refractivity contribution in [3.8, 4) is 62.9 Å². The lowest BCUT2D eigenvalue weighted by Crippen LogP contribution is -2.63. The number of nitrogens with two attached hydrogens (primary N) is 1. The number of rotatable bonds is 26. The maximum atomic E-state index is 16.2. The first-order valence-electron chi connectivity index (χ1n) is 39.2. The molecule has 37 heteroatoms. The maximum absolute atomic E-state index is 16.2. The summed E-state index contributed by atoms with van der Waals surface area (Å²) in [5, 5.41) is 136. The van der Waals surface area contributed by atoms with Gasteiger partial charge >= 0.3 is 5.97 Å². The number of phenols is 3. The number of aliphatic hydroxyl groups excluding tert-OH is 6. The van der Waals surface area contributed by atoms with Crippen molar-refractivity contribution in [1.29, 1.82) is 0 Å². The third kappa shape index (κ3) is 20.7. The molecule has 0 aromatic heterocycles. The van der Waals surface area contributed by atoms with E-state index in [2.05, 4.69) is 49.5 Å². The van der Waals surface area contributed by atoms with Gasteiger partial charge in [-0.05, 0) is 134 Å². The number of amides is 7. The van der Waals surface area contributed by atoms with Crippen LogP contribution in [0.2, 0.25) is 10.0 Å². The standard InChI is InChI=1S/C83H99Cl2N9O26/c1-7-8-9-10-11-12-23-114-45-18-13-39(14-19-45)34-88-35-59(99)83(5)33-61(115-38(4)74(83)105)119-73-71(104)70(103)58(36-95)118-82(73)120-72-56-28-43-29-57(72)117-55-22-17-42(27-49(55)85)69(102)67-80(111)92-65(81(112)113)47-30-44(96)31-53(98)62(47)46-25-40(15-20-52(46)97)63(77(108)94-67)91-78(109)64(43)90-76(107)51(32-60(86)100)89-79(110)66(93-75(106)50(87-6)24-37(2)3)68(101)41-16-21-54(116-56)48(84)26-41/h13-22,25-31,37-38,50-51,58,61,63-71,73-74,82,87-88,95-98,101-105H,7-12,23-24,32-36H2,1-6H3,(H2,86,100)(H,89,110)(H,90,107)(H,91,109)(H,92,111)(H,93,106)(H,94,108)(H,112,113)/t38-,50+,51-,58+,61-,63+,64+,65?,66+,67-,68+,69+,70+,71-,73+,74+,82-,83+/m0/s1. The van der Waals surface area contributed by atoms with Gasteiger partial charge in [-0.3, -0.25) is 38.4 Å². The number of phenolic OH excluding ortho intramolecular Hbond substituents is 3. The van der Waals surface area contributed by atoms with Crippen LogP contribution in [0.1, 0.15) is 156 Å². The summed E-state index contributed by atoms with van der Waals surface area (Å²) in [5.41, 5.74) is 1.99. The summed E-state index contributed by atoms with van der Waals surface area (Å²) in [7, 11) is 1.47. The topological polar surface area (TPSA) is 543 Å². The minimum atomic E-state index is -2.38. The highest BCUT2D eigenvalue weighted by atomic mass is 35.5. The van der Waals surface area contributed by atoms with Crippen LogP contribution in [0.5, 0.6) is 51.7 Å². The Labute approximate surface area is 698 Å². The number of benzene rings is 6. The second-order valence-electron chi connectivity index (χ2n) is 30.9. The van der Waals surface area contributed by atoms with Crippen LogP contribution in [0.25, 0.3) is 11.1 Å². The molecule has 2 fully saturated rings. The molecule has 1 unspecified atom stereocenters. The molecule has 7 aliphatic rings. The quantitative estimate of drug-likeness (QED) is 0.0332. The van der Waals surface area contributed by atoms with E-state index in [4.69, 9.17) is 62.1 Å². The summed E-state index contributed by atoms with van der Waals surface area (Å²) in [4.78, 5) is 133. The van der Waals surface area contributed by atoms with Crippen molar-refractivity contribution in [3.63, 3.8) is 0 Å². The summed E-state index contributed by atoms with van der Waals surface area (Å²) in [6.07, 6.45) is -13.2. The molecule has 120 heavy (non-hydrogen) atoms. The highest BCUT2D eigenvalue weighted by Crippen LogP contribution is 2.50. The number of carbonyl (C=O) groups excluding carboxylic acids is 8. The Bertz CT molecular complexity index is 4790. The summed E-state index contributed by atoms with van der Waals surface area (Å²) >= 11 is 14.3. The van der Waals surface area contributed by atoms with Crippen LogP contribution in [0.3, 0.4) is 0 Å². The van der Waals surface area contributed by atoms with E-state index in [1.54, 1.807) is 0 Å². The zero-order valence-corrected chi connectivity index (χ0v) is 67.7. The molecule has 646 valence electrons. The molecule has 0 saturated carbocycles. The fraction of sp³-hybridized carbons (Fsp3) is 0.458. The molecule has 20 N–H and O–H groups in total. The highest BCUT2D eigenvalue weighted by molar-refractivity contribution is 6.32. The van der Waals surface area contributed by atoms with E-state index in [1.165, 1.54) is 45.9 Å². The largest absolute Gasteiger partial charge is 0.508 e. The number of carbonyl (C=O) groups is 9. The summed E-state index contributed by atoms with van der Waals surface area (Å²) in [6, 6.07) is 6.45. The smallest absolute Gasteiger partial charge is 0.330 e. The molecule has 35 nitrogen and oxygen atoms in total. The molecule has 0 aliphatic carbocycles. The number of aliphatic hydroxyl groups is 6. The van der Waals surface area contributed by atoms with E-state index in [9.17, 15) is 79.8 Å². The SMILES string of the molecule is CCCCCCCCOc1ccc(CNCC(=O)[C@@]2(C)C[C@H](O[C@H]3[C@H](Oc4c5cc6cc4Oc4ccc(cc4Cl)[C@@H](O)[C@@H](NC(=O)[C@@H](CC(C)C)NC)C(=O)N[C@@H](CC(N)=O)C(=O)N[C@H]6C(=O)N[C@H]4C(=O)N[C@H](C(=O)NC(C(=O)O)c6cc(O)cc(O)c6-c6cc4ccc6O)[C@H](O)c4ccc(c(Cl)c4)O5)O[C@H](CO)[C@@H](O)[C@@H]3O)O[C@@H](C)[C@H]2O)cc1. The van der Waals surface area contributed by atoms with E-state index < -0.39 is 249 Å². The van der Waals surface area contributed by atoms with Gasteiger partial charge in [0.25, 0.3) is 0 Å². The van der Waals surface area contributed by atoms with Crippen LogP contribution < -0.4 is 67.2 Å². The number of halogens is 2. The van der Waals surface area contributed by atoms with Gasteiger partial charge in [-0.25, -0.2) is 4.79 Å². The number of primary amides is 1. The first-order valence-corrected chi connectivity index (χ1v) is 40.0. The number of likely N-dealkylation sites (N-methyl/N-ethyl adjacent to an activating group) is 1. The highest BCUT2D eigenvalue weighted by Gasteiger charge is 2.54. The number of fused-ring (bicyclic) bond motifs is 15. The van der Waals surface area contributed by atoms with Gasteiger partial charge in [0.05, 0.1) is 59.9 Å². The molecule has 7 aliphatic heterocycles. The van der Waals surface area contributed by atoms with E-state index in [1.807, 2.05) is 38.1 Å². The molecular formula is C83H99Cl2N9O26. The van der Waals surface area contributed by atoms with E-state index in [-0.39, 0.29) is 52.9 Å². The van der Waals surface area contributed by atoms with Crippen LogP contribution in [-0.4, -0.2) is 204 Å². The number of unbranched alkanes of at least 4 members (excludes halogenated alkanes) is 5. The van der Waals surface area contributed by atoms with Gasteiger partial charge in [-0.1, -0.05) is 106 Å². The Morgan fingerprint density at radius 2 is 1.31 bits per heavy atom. The van der Waals surface area contributed by atoms with Crippen molar-refractivity contribution < 1.29 is 127 Å². The number of ketones is 1. The molecule has 0 spiro atoms. The normalized spacial score (nSPS) is 26.6. The summed E-state index contributed by atoms with van der Waals surface area (Å²) in [5.74, 6) is -16.1. The Kier molecular flexibility index (Phi) is 29.6. The fourth-order valence-electron chi connectivity index (χ4n) is 15.0. The number of aromatic hydroxyl groups is 3. The third-order valence-corrected chi connectivity index (χ3v) is 22.3. The van der Waals surface area contributed by atoms with Crippen molar-refractivity contribution in [2.45, 2.75) is 203 Å². The summed E-state index contributed by atoms with van der Waals surface area (Å²) in [6.45, 7) is 8.25. The van der Waals surface area contributed by atoms with Gasteiger partial charge in [0.1, 0.15) is 95.2 Å². The molecule has 13 rings (SSSR count). The average molecular weight is 1710 g/mol. The molecule has 18 atom stereocenters. The molecule has 2 saturated heterocycles. The Morgan fingerprint density at radius 1 is 0.683 bits per heavy atom. The number of hydrogen-bond donors (Lipinski definition) is 19. The second kappa shape index (κ2) is 39.3. The zero-order chi connectivity index (χ0) is 86.9. The third-order valence-electron chi connectivity index (χ3n) is 21.7. The van der Waals surface area contributed by atoms with Crippen molar-refractivity contribution in [1.82, 2.24) is 42.5 Å². The van der Waals surface area contributed by atoms with Gasteiger partial charge in [-0.2, -0.15) is 0 Å². The lowest BCUT2D eigenvalue weighted by atomic mass is 9.73. The van der Waals surface area contributed by atoms with Gasteiger partial charge in [0.2, 0.25) is 53.4 Å². The molecule has 7 amide bonds. The number of nitrogens with one attached hydrogen (secondary N) is 8. The lowest BCUT2D eigenvalue weighted by molar-refractivity contribution is -0.336. The van der Waals surface area contributed by atoms with Crippen LogP contribution in [0.15, 0.2) is 103 Å². The fourth-order valence-corrected chi connectivity index (χ4v) is 15.5. The van der Waals surface area contributed by atoms with E-state index in [0.717, 1.165) is 98.0 Å². The molecule has 6 aromatic carbocycles. The lowest BCUT2D eigenvalue weighted by Gasteiger charge is -2.47. The average Bonchev–Trinajstić information content (AvgIpc) is 0.766. The van der Waals surface area contributed by atoms with Gasteiger partial charge < -0.3 is 132 Å². The second-order valence-corrected chi connectivity index (χ2v) is 31.7. The first kappa shape index (κ1) is 90.3. The monoisotopic (exact) mass is 1710 g/mol. The molecule has 6 aromatic rings. The number of aliphatic carboxylic acids is 1. The number of carboxylic acid groups (broad SMARTS) is 1. The van der Waals surface area contributed by atoms with Crippen LogP contribution in [0, 0.1) is 11.3 Å². The Morgan fingerprint density at radius 3 is 1.93 bits per heavy atom.